The van der Waals surface area contributed by atoms with Gasteiger partial charge in [-0.1, -0.05) is 6.07 Å². The van der Waals surface area contributed by atoms with E-state index in [1.165, 1.54) is 12.8 Å². The van der Waals surface area contributed by atoms with Gasteiger partial charge >= 0.3 is 0 Å². The number of carbonyl (C=O) groups is 1. The quantitative estimate of drug-likeness (QED) is 0.728. The lowest BCUT2D eigenvalue weighted by Gasteiger charge is -2.10. The molecule has 0 aliphatic heterocycles. The minimum absolute atomic E-state index is 0.0989. The van der Waals surface area contributed by atoms with Gasteiger partial charge in [0.1, 0.15) is 11.5 Å². The van der Waals surface area contributed by atoms with E-state index in [1.54, 1.807) is 6.07 Å². The van der Waals surface area contributed by atoms with E-state index >= 15 is 0 Å². The first-order valence-electron chi connectivity index (χ1n) is 6.81. The van der Waals surface area contributed by atoms with Crippen molar-refractivity contribution in [1.82, 2.24) is 15.2 Å². The first-order valence-corrected chi connectivity index (χ1v) is 6.81. The highest BCUT2D eigenvalue weighted by atomic mass is 16.1. The van der Waals surface area contributed by atoms with Gasteiger partial charge in [0.15, 0.2) is 0 Å². The van der Waals surface area contributed by atoms with Gasteiger partial charge in [-0.25, -0.2) is 4.98 Å². The molecular formula is C14H22N4O. The van der Waals surface area contributed by atoms with E-state index in [1.807, 2.05) is 26.2 Å². The van der Waals surface area contributed by atoms with Gasteiger partial charge in [0.25, 0.3) is 5.91 Å². The van der Waals surface area contributed by atoms with Gasteiger partial charge < -0.3 is 15.5 Å². The number of anilines is 1. The molecule has 2 rings (SSSR count). The number of amides is 1. The number of carbonyl (C=O) groups excluding carboxylic acids is 1. The minimum Gasteiger partial charge on any atom is -0.367 e. The predicted octanol–water partition coefficient (Wildman–Crippen LogP) is 1.34. The number of nitrogens with zero attached hydrogens (tertiary/aromatic N) is 2. The second-order valence-corrected chi connectivity index (χ2v) is 5.24. The Morgan fingerprint density at radius 3 is 2.89 bits per heavy atom. The van der Waals surface area contributed by atoms with E-state index in [-0.39, 0.29) is 5.91 Å². The number of hydrogen-bond donors (Lipinski definition) is 2. The molecule has 0 unspecified atom stereocenters. The predicted molar refractivity (Wildman–Crippen MR) is 76.4 cm³/mol. The first-order chi connectivity index (χ1) is 9.15. The third kappa shape index (κ3) is 4.87. The summed E-state index contributed by atoms with van der Waals surface area (Å²) >= 11 is 0. The lowest BCUT2D eigenvalue weighted by atomic mass is 10.3. The van der Waals surface area contributed by atoms with E-state index < -0.39 is 0 Å². The van der Waals surface area contributed by atoms with Crippen LogP contribution in [0.4, 0.5) is 5.82 Å². The zero-order valence-electron chi connectivity index (χ0n) is 11.6. The fourth-order valence-electron chi connectivity index (χ4n) is 1.77. The van der Waals surface area contributed by atoms with E-state index in [9.17, 15) is 4.79 Å². The average Bonchev–Trinajstić information content (AvgIpc) is 3.18. The maximum absolute atomic E-state index is 11.9. The Morgan fingerprint density at radius 1 is 1.42 bits per heavy atom. The fourth-order valence-corrected chi connectivity index (χ4v) is 1.77. The van der Waals surface area contributed by atoms with Crippen LogP contribution in [-0.2, 0) is 0 Å². The van der Waals surface area contributed by atoms with Gasteiger partial charge in [-0.2, -0.15) is 0 Å². The molecule has 1 aliphatic carbocycles. The molecule has 1 saturated carbocycles. The Labute approximate surface area is 114 Å². The summed E-state index contributed by atoms with van der Waals surface area (Å²) in [6, 6.07) is 6.07. The minimum atomic E-state index is -0.0989. The SMILES string of the molecule is CN(C)CCCNC(=O)c1cccc(NC2CC2)n1. The Bertz CT molecular complexity index is 429. The van der Waals surface area contributed by atoms with Crippen LogP contribution in [0.5, 0.6) is 0 Å². The van der Waals surface area contributed by atoms with Crippen molar-refractivity contribution in [3.63, 3.8) is 0 Å². The van der Waals surface area contributed by atoms with Crippen LogP contribution in [0.2, 0.25) is 0 Å². The molecule has 0 radical (unpaired) electrons. The van der Waals surface area contributed by atoms with Gasteiger partial charge in [-0.05, 0) is 52.0 Å². The lowest BCUT2D eigenvalue weighted by Crippen LogP contribution is -2.27. The van der Waals surface area contributed by atoms with Crippen molar-refractivity contribution >= 4 is 11.7 Å². The number of aromatic nitrogens is 1. The molecule has 0 aromatic carbocycles. The zero-order chi connectivity index (χ0) is 13.7. The van der Waals surface area contributed by atoms with Crippen molar-refractivity contribution in [2.45, 2.75) is 25.3 Å². The Kier molecular flexibility index (Phi) is 4.74. The molecule has 1 fully saturated rings. The van der Waals surface area contributed by atoms with Crippen LogP contribution in [0.15, 0.2) is 18.2 Å². The number of nitrogens with one attached hydrogen (secondary N) is 2. The highest BCUT2D eigenvalue weighted by Gasteiger charge is 2.21. The van der Waals surface area contributed by atoms with Crippen molar-refractivity contribution in [2.75, 3.05) is 32.5 Å². The third-order valence-corrected chi connectivity index (χ3v) is 2.98. The molecule has 19 heavy (non-hydrogen) atoms. The van der Waals surface area contributed by atoms with Gasteiger partial charge in [0.2, 0.25) is 0 Å². The average molecular weight is 262 g/mol. The van der Waals surface area contributed by atoms with Crippen LogP contribution in [-0.4, -0.2) is 49.0 Å². The number of hydrogen-bond acceptors (Lipinski definition) is 4. The van der Waals surface area contributed by atoms with Crippen molar-refractivity contribution in [2.24, 2.45) is 0 Å². The summed E-state index contributed by atoms with van der Waals surface area (Å²) in [5.74, 6) is 0.696. The molecule has 1 aliphatic rings. The Balaban J connectivity index is 1.80. The topological polar surface area (TPSA) is 57.3 Å². The van der Waals surface area contributed by atoms with Crippen molar-refractivity contribution in [3.8, 4) is 0 Å². The smallest absolute Gasteiger partial charge is 0.269 e. The molecule has 1 heterocycles. The lowest BCUT2D eigenvalue weighted by molar-refractivity contribution is 0.0947. The van der Waals surface area contributed by atoms with Gasteiger partial charge in [-0.3, -0.25) is 4.79 Å². The summed E-state index contributed by atoms with van der Waals surface area (Å²) in [7, 11) is 4.05. The molecule has 1 amide bonds. The molecular weight excluding hydrogens is 240 g/mol. The van der Waals surface area contributed by atoms with Crippen LogP contribution < -0.4 is 10.6 Å². The Hall–Kier alpha value is -1.62. The van der Waals surface area contributed by atoms with Crippen LogP contribution in [0.25, 0.3) is 0 Å². The van der Waals surface area contributed by atoms with E-state index in [2.05, 4.69) is 20.5 Å². The molecule has 0 atom stereocenters. The van der Waals surface area contributed by atoms with Crippen LogP contribution in [0.1, 0.15) is 29.8 Å². The fraction of sp³-hybridized carbons (Fsp3) is 0.571. The molecule has 1 aromatic heterocycles. The summed E-state index contributed by atoms with van der Waals surface area (Å²) < 4.78 is 0. The van der Waals surface area contributed by atoms with Crippen LogP contribution >= 0.6 is 0 Å². The second-order valence-electron chi connectivity index (χ2n) is 5.24. The molecule has 2 N–H and O–H groups in total. The molecule has 0 spiro atoms. The van der Waals surface area contributed by atoms with Crippen molar-refractivity contribution in [3.05, 3.63) is 23.9 Å². The van der Waals surface area contributed by atoms with Crippen LogP contribution in [0.3, 0.4) is 0 Å². The van der Waals surface area contributed by atoms with Gasteiger partial charge in [-0.15, -0.1) is 0 Å². The van der Waals surface area contributed by atoms with Crippen LogP contribution in [0, 0.1) is 0 Å². The summed E-state index contributed by atoms with van der Waals surface area (Å²) in [6.07, 6.45) is 3.34. The highest BCUT2D eigenvalue weighted by molar-refractivity contribution is 5.92. The molecule has 0 saturated heterocycles. The summed E-state index contributed by atoms with van der Waals surface area (Å²) in [5, 5.41) is 6.19. The largest absolute Gasteiger partial charge is 0.367 e. The highest BCUT2D eigenvalue weighted by Crippen LogP contribution is 2.23. The van der Waals surface area contributed by atoms with E-state index in [0.29, 0.717) is 18.3 Å². The Morgan fingerprint density at radius 2 is 2.21 bits per heavy atom. The second kappa shape index (κ2) is 6.52. The summed E-state index contributed by atoms with van der Waals surface area (Å²) in [4.78, 5) is 18.4. The maximum atomic E-state index is 11.9. The van der Waals surface area contributed by atoms with Gasteiger partial charge in [0, 0.05) is 12.6 Å². The number of pyridine rings is 1. The van der Waals surface area contributed by atoms with Crippen molar-refractivity contribution in [1.29, 1.82) is 0 Å². The third-order valence-electron chi connectivity index (χ3n) is 2.98. The summed E-state index contributed by atoms with van der Waals surface area (Å²) in [5.41, 5.74) is 0.482. The molecule has 104 valence electrons. The first kappa shape index (κ1) is 13.8. The van der Waals surface area contributed by atoms with E-state index in [4.69, 9.17) is 0 Å². The molecule has 0 bridgehead atoms. The standard InChI is InChI=1S/C14H22N4O/c1-18(2)10-4-9-15-14(19)12-5-3-6-13(17-12)16-11-7-8-11/h3,5-6,11H,4,7-10H2,1-2H3,(H,15,19)(H,16,17). The zero-order valence-corrected chi connectivity index (χ0v) is 11.6. The normalized spacial score (nSPS) is 14.5. The van der Waals surface area contributed by atoms with E-state index in [0.717, 1.165) is 18.8 Å². The molecule has 5 heteroatoms. The maximum Gasteiger partial charge on any atom is 0.269 e. The molecule has 1 aromatic rings. The molecule has 5 nitrogen and oxygen atoms in total. The van der Waals surface area contributed by atoms with Gasteiger partial charge in [0.05, 0.1) is 0 Å². The summed E-state index contributed by atoms with van der Waals surface area (Å²) in [6.45, 7) is 1.65. The monoisotopic (exact) mass is 262 g/mol. The van der Waals surface area contributed by atoms with Crippen molar-refractivity contribution < 1.29 is 4.79 Å². The number of rotatable bonds is 7.